The van der Waals surface area contributed by atoms with Crippen LogP contribution in [0.4, 0.5) is 18.9 Å². The molecule has 1 unspecified atom stereocenters. The number of halogens is 3. The Morgan fingerprint density at radius 3 is 2.51 bits per heavy atom. The molecule has 1 aliphatic rings. The van der Waals surface area contributed by atoms with Crippen LogP contribution in [0.15, 0.2) is 84.0 Å². The summed E-state index contributed by atoms with van der Waals surface area (Å²) >= 11 is 0. The highest BCUT2D eigenvalue weighted by Gasteiger charge is 2.38. The summed E-state index contributed by atoms with van der Waals surface area (Å²) in [5.74, 6) is -0.617. The van der Waals surface area contributed by atoms with Gasteiger partial charge in [0.15, 0.2) is 0 Å². The smallest absolute Gasteiger partial charge is 0.423 e. The van der Waals surface area contributed by atoms with Gasteiger partial charge in [0.25, 0.3) is 5.69 Å². The molecule has 0 saturated heterocycles. The number of aryl methyl sites for hydroxylation is 1. The van der Waals surface area contributed by atoms with Gasteiger partial charge in [-0.3, -0.25) is 14.9 Å². The molecule has 5 nitrogen and oxygen atoms in total. The standard InChI is InChI=1S/C29H28F3NO4/c1-19(6-5-9-21-8-4-3-7-20(21)2)16-25-17-23(11-10-22(25)13-15-28(34)35)24-12-14-27(33(36)37)26(18-24)29(30,31)32/h3-7,9-12,14,17-18,21H,8,13,15-16H2,1-2H3,(H,34,35)/b9-5-,19-6+. The lowest BCUT2D eigenvalue weighted by molar-refractivity contribution is -0.388. The summed E-state index contributed by atoms with van der Waals surface area (Å²) in [5, 5.41) is 20.2. The zero-order valence-electron chi connectivity index (χ0n) is 20.6. The summed E-state index contributed by atoms with van der Waals surface area (Å²) in [6.07, 6.45) is 9.05. The largest absolute Gasteiger partial charge is 0.481 e. The third-order valence-electron chi connectivity index (χ3n) is 6.31. The summed E-state index contributed by atoms with van der Waals surface area (Å²) in [7, 11) is 0. The van der Waals surface area contributed by atoms with Crippen LogP contribution >= 0.6 is 0 Å². The van der Waals surface area contributed by atoms with Crippen LogP contribution in [0.1, 0.15) is 43.4 Å². The van der Waals surface area contributed by atoms with Crippen molar-refractivity contribution in [1.29, 1.82) is 0 Å². The first kappa shape index (κ1) is 27.6. The minimum atomic E-state index is -4.88. The van der Waals surface area contributed by atoms with Crippen molar-refractivity contribution in [3.63, 3.8) is 0 Å². The third kappa shape index (κ3) is 7.52. The van der Waals surface area contributed by atoms with E-state index in [4.69, 9.17) is 5.11 Å². The molecule has 2 aromatic rings. The van der Waals surface area contributed by atoms with E-state index in [2.05, 4.69) is 25.2 Å². The van der Waals surface area contributed by atoms with Crippen LogP contribution in [0.5, 0.6) is 0 Å². The van der Waals surface area contributed by atoms with Crippen molar-refractivity contribution in [3.8, 4) is 11.1 Å². The van der Waals surface area contributed by atoms with Gasteiger partial charge in [0, 0.05) is 18.4 Å². The van der Waals surface area contributed by atoms with Crippen LogP contribution in [0.3, 0.4) is 0 Å². The lowest BCUT2D eigenvalue weighted by Crippen LogP contribution is -2.09. The SMILES string of the molecule is CC1=CC=CCC1/C=C\C=C(/C)Cc1cc(-c2ccc([N+](=O)[O-])c(C(F)(F)F)c2)ccc1CCC(=O)O. The van der Waals surface area contributed by atoms with Crippen LogP contribution in [0.25, 0.3) is 11.1 Å². The lowest BCUT2D eigenvalue weighted by Gasteiger charge is -2.14. The third-order valence-corrected chi connectivity index (χ3v) is 6.31. The van der Waals surface area contributed by atoms with Gasteiger partial charge in [0.05, 0.1) is 4.92 Å². The average molecular weight is 512 g/mol. The van der Waals surface area contributed by atoms with E-state index in [1.54, 1.807) is 18.2 Å². The summed E-state index contributed by atoms with van der Waals surface area (Å²) in [4.78, 5) is 21.2. The first-order chi connectivity index (χ1) is 17.5. The molecule has 0 radical (unpaired) electrons. The van der Waals surface area contributed by atoms with E-state index in [0.29, 0.717) is 17.9 Å². The molecule has 2 aromatic carbocycles. The van der Waals surface area contributed by atoms with Crippen molar-refractivity contribution in [2.24, 2.45) is 5.92 Å². The van der Waals surface area contributed by atoms with Gasteiger partial charge in [-0.05, 0) is 67.5 Å². The fraction of sp³-hybridized carbons (Fsp3) is 0.276. The van der Waals surface area contributed by atoms with Crippen molar-refractivity contribution in [2.45, 2.75) is 45.7 Å². The molecule has 8 heteroatoms. The molecule has 1 N–H and O–H groups in total. The molecule has 0 amide bonds. The number of nitrogens with zero attached hydrogens (tertiary/aromatic N) is 1. The molecular weight excluding hydrogens is 483 g/mol. The van der Waals surface area contributed by atoms with Crippen molar-refractivity contribution >= 4 is 11.7 Å². The molecule has 0 aliphatic heterocycles. The van der Waals surface area contributed by atoms with Gasteiger partial charge in [0.2, 0.25) is 0 Å². The number of aliphatic carboxylic acids is 1. The molecule has 3 rings (SSSR count). The van der Waals surface area contributed by atoms with Gasteiger partial charge in [-0.2, -0.15) is 13.2 Å². The van der Waals surface area contributed by atoms with Crippen molar-refractivity contribution < 1.29 is 28.0 Å². The van der Waals surface area contributed by atoms with E-state index in [-0.39, 0.29) is 18.4 Å². The molecule has 0 saturated carbocycles. The lowest BCUT2D eigenvalue weighted by atomic mass is 9.91. The number of hydrogen-bond donors (Lipinski definition) is 1. The van der Waals surface area contributed by atoms with Crippen LogP contribution in [-0.2, 0) is 23.8 Å². The zero-order chi connectivity index (χ0) is 27.2. The molecule has 194 valence electrons. The average Bonchev–Trinajstić information content (AvgIpc) is 2.83. The number of alkyl halides is 3. The number of carboxylic acid groups (broad SMARTS) is 1. The van der Waals surface area contributed by atoms with Gasteiger partial charge in [-0.25, -0.2) is 0 Å². The van der Waals surface area contributed by atoms with E-state index < -0.39 is 28.3 Å². The molecule has 0 spiro atoms. The van der Waals surface area contributed by atoms with Crippen LogP contribution in [-0.4, -0.2) is 16.0 Å². The Kier molecular flexibility index (Phi) is 8.86. The fourth-order valence-corrected chi connectivity index (χ4v) is 4.26. The number of rotatable bonds is 9. The molecular formula is C29H28F3NO4. The normalized spacial score (nSPS) is 16.2. The van der Waals surface area contributed by atoms with Gasteiger partial charge >= 0.3 is 12.1 Å². The molecule has 0 bridgehead atoms. The second-order valence-corrected chi connectivity index (χ2v) is 9.12. The van der Waals surface area contributed by atoms with Gasteiger partial charge < -0.3 is 5.11 Å². The van der Waals surface area contributed by atoms with E-state index in [1.165, 1.54) is 11.6 Å². The summed E-state index contributed by atoms with van der Waals surface area (Å²) < 4.78 is 40.5. The summed E-state index contributed by atoms with van der Waals surface area (Å²) in [5.41, 5.74) is 2.20. The van der Waals surface area contributed by atoms with E-state index in [0.717, 1.165) is 35.3 Å². The molecule has 0 aromatic heterocycles. The Hall–Kier alpha value is -3.94. The maximum atomic E-state index is 13.5. The number of carbonyl (C=O) groups is 1. The van der Waals surface area contributed by atoms with Gasteiger partial charge in [0.1, 0.15) is 5.56 Å². The van der Waals surface area contributed by atoms with Crippen molar-refractivity contribution in [2.75, 3.05) is 0 Å². The Morgan fingerprint density at radius 2 is 1.86 bits per heavy atom. The number of benzene rings is 2. The quantitative estimate of drug-likeness (QED) is 0.211. The Balaban J connectivity index is 1.94. The number of nitro groups is 1. The Bertz CT molecular complexity index is 1300. The molecule has 1 aliphatic carbocycles. The summed E-state index contributed by atoms with van der Waals surface area (Å²) in [6.45, 7) is 4.02. The maximum absolute atomic E-state index is 13.5. The van der Waals surface area contributed by atoms with Crippen LogP contribution in [0.2, 0.25) is 0 Å². The van der Waals surface area contributed by atoms with E-state index in [9.17, 15) is 28.1 Å². The predicted molar refractivity (Wildman–Crippen MR) is 137 cm³/mol. The fourth-order valence-electron chi connectivity index (χ4n) is 4.26. The molecule has 0 fully saturated rings. The first-order valence-corrected chi connectivity index (χ1v) is 11.8. The first-order valence-electron chi connectivity index (χ1n) is 11.8. The van der Waals surface area contributed by atoms with Gasteiger partial charge in [-0.1, -0.05) is 65.8 Å². The van der Waals surface area contributed by atoms with E-state index >= 15 is 0 Å². The van der Waals surface area contributed by atoms with E-state index in [1.807, 2.05) is 25.2 Å². The highest BCUT2D eigenvalue weighted by Crippen LogP contribution is 2.39. The highest BCUT2D eigenvalue weighted by molar-refractivity contribution is 5.70. The number of carboxylic acids is 1. The van der Waals surface area contributed by atoms with Crippen LogP contribution < -0.4 is 0 Å². The monoisotopic (exact) mass is 511 g/mol. The summed E-state index contributed by atoms with van der Waals surface area (Å²) in [6, 6.07) is 8.01. The van der Waals surface area contributed by atoms with Crippen molar-refractivity contribution in [3.05, 3.63) is 111 Å². The predicted octanol–water partition coefficient (Wildman–Crippen LogP) is 7.87. The number of hydrogen-bond acceptors (Lipinski definition) is 3. The van der Waals surface area contributed by atoms with Gasteiger partial charge in [-0.15, -0.1) is 0 Å². The highest BCUT2D eigenvalue weighted by atomic mass is 19.4. The minimum Gasteiger partial charge on any atom is -0.481 e. The molecule has 0 heterocycles. The topological polar surface area (TPSA) is 80.4 Å². The number of allylic oxidation sites excluding steroid dienone is 8. The second kappa shape index (κ2) is 11.9. The van der Waals surface area contributed by atoms with Crippen molar-refractivity contribution in [1.82, 2.24) is 0 Å². The molecule has 1 atom stereocenters. The zero-order valence-corrected chi connectivity index (χ0v) is 20.6. The second-order valence-electron chi connectivity index (χ2n) is 9.12. The Morgan fingerprint density at radius 1 is 1.16 bits per heavy atom. The maximum Gasteiger partial charge on any atom is 0.423 e. The minimum absolute atomic E-state index is 0.0778. The molecule has 37 heavy (non-hydrogen) atoms. The van der Waals surface area contributed by atoms with Crippen LogP contribution in [0, 0.1) is 16.0 Å². The Labute approximate surface area is 213 Å². The number of nitro benzene ring substituents is 1.